The molecule has 5 saturated carbocycles. The van der Waals surface area contributed by atoms with Gasteiger partial charge in [0.1, 0.15) is 0 Å². The molecule has 234 valence electrons. The third-order valence-electron chi connectivity index (χ3n) is 13.7. The summed E-state index contributed by atoms with van der Waals surface area (Å²) in [5.41, 5.74) is 1.06. The van der Waals surface area contributed by atoms with E-state index in [1.54, 1.807) is 6.92 Å². The predicted molar refractivity (Wildman–Crippen MR) is 159 cm³/mol. The third kappa shape index (κ3) is 5.61. The first-order chi connectivity index (χ1) is 19.4. The number of fused-ring (bicyclic) bond motifs is 3. The maximum atomic E-state index is 11.2. The van der Waals surface area contributed by atoms with E-state index < -0.39 is 17.8 Å². The Morgan fingerprint density at radius 1 is 1.00 bits per heavy atom. The van der Waals surface area contributed by atoms with Gasteiger partial charge in [0, 0.05) is 11.8 Å². The molecule has 0 aromatic heterocycles. The number of epoxide rings is 1. The van der Waals surface area contributed by atoms with Gasteiger partial charge in [-0.2, -0.15) is 0 Å². The van der Waals surface area contributed by atoms with E-state index >= 15 is 0 Å². The molecule has 5 N–H and O–H groups in total. The first-order valence-corrected chi connectivity index (χ1v) is 17.1. The van der Waals surface area contributed by atoms with Gasteiger partial charge < -0.3 is 30.3 Å². The molecule has 1 saturated heterocycles. The van der Waals surface area contributed by atoms with Crippen LogP contribution in [0.4, 0.5) is 0 Å². The fraction of sp³-hybridized carbons (Fsp3) is 0.943. The van der Waals surface area contributed by atoms with Crippen LogP contribution >= 0.6 is 0 Å². The molecule has 6 aliphatic rings. The Morgan fingerprint density at radius 2 is 1.80 bits per heavy atom. The van der Waals surface area contributed by atoms with Crippen LogP contribution in [-0.4, -0.2) is 67.8 Å². The largest absolute Gasteiger partial charge is 0.393 e. The number of ether oxygens (including phenoxy) is 1. The maximum Gasteiger partial charge on any atom is 0.0930 e. The Labute approximate surface area is 248 Å². The molecule has 0 aromatic rings. The molecule has 0 unspecified atom stereocenters. The molecule has 5 aliphatic carbocycles. The standard InChI is InChI=1S/C35H58O6/c1-22(37)30(39)24-6-7-26(17-24)32(2)21-28-25(11-16-36)19-34(31-33(3,41-31)13-10-29(28)32)14-8-23(18-34)9-15-35(40)12-4-5-27(38)20-35/h11,22-24,26-31,36-40H,4-10,12-21H2,1-3H3/b25-11+/t22-,23-,24-,26+,27-,28+,29+,30-,31+,32+,33+,34-,35-/m0/s1. The van der Waals surface area contributed by atoms with E-state index in [2.05, 4.69) is 19.9 Å². The van der Waals surface area contributed by atoms with Crippen molar-refractivity contribution in [1.29, 1.82) is 0 Å². The molecule has 0 amide bonds. The summed E-state index contributed by atoms with van der Waals surface area (Å²) in [6.45, 7) is 6.64. The number of hydrogen-bond acceptors (Lipinski definition) is 6. The molecule has 6 rings (SSSR count). The Hall–Kier alpha value is -0.500. The van der Waals surface area contributed by atoms with Gasteiger partial charge in [-0.25, -0.2) is 0 Å². The lowest BCUT2D eigenvalue weighted by Crippen LogP contribution is -2.51. The zero-order valence-electron chi connectivity index (χ0n) is 25.9. The maximum absolute atomic E-state index is 11.2. The highest BCUT2D eigenvalue weighted by Crippen LogP contribution is 2.69. The van der Waals surface area contributed by atoms with Crippen LogP contribution in [0.15, 0.2) is 11.6 Å². The quantitative estimate of drug-likeness (QED) is 0.209. The van der Waals surface area contributed by atoms with Crippen LogP contribution in [0.2, 0.25) is 0 Å². The van der Waals surface area contributed by atoms with Gasteiger partial charge in [-0.15, -0.1) is 0 Å². The predicted octanol–water partition coefficient (Wildman–Crippen LogP) is 5.28. The third-order valence-corrected chi connectivity index (χ3v) is 13.7. The molecular weight excluding hydrogens is 516 g/mol. The summed E-state index contributed by atoms with van der Waals surface area (Å²) in [4.78, 5) is 0. The minimum absolute atomic E-state index is 0.0585. The fourth-order valence-corrected chi connectivity index (χ4v) is 11.3. The van der Waals surface area contributed by atoms with Gasteiger partial charge in [0.2, 0.25) is 0 Å². The molecule has 0 aromatic carbocycles. The van der Waals surface area contributed by atoms with Gasteiger partial charge in [0.15, 0.2) is 0 Å². The summed E-state index contributed by atoms with van der Waals surface area (Å²) in [6, 6.07) is 0. The molecule has 13 atom stereocenters. The zero-order chi connectivity index (χ0) is 29.2. The van der Waals surface area contributed by atoms with Gasteiger partial charge in [0.05, 0.1) is 42.2 Å². The SMILES string of the molecule is C[C@H](O)[C@H](O)[C@H]1CC[C@@H]([C@@]2(C)C[C@@H]3/C(=C/CO)C[C@@]4(CC[C@@H](CC[C@@]5(O)CCC[C@H](O)C5)C4)[C@@H]4O[C@]4(C)CC[C@H]32)C1. The van der Waals surface area contributed by atoms with E-state index in [4.69, 9.17) is 4.74 Å². The Balaban J connectivity index is 1.16. The van der Waals surface area contributed by atoms with Crippen LogP contribution < -0.4 is 0 Å². The highest BCUT2D eigenvalue weighted by atomic mass is 16.6. The number of allylic oxidation sites excluding steroid dienone is 1. The van der Waals surface area contributed by atoms with Gasteiger partial charge in [-0.3, -0.25) is 0 Å². The van der Waals surface area contributed by atoms with Crippen molar-refractivity contribution in [2.75, 3.05) is 6.61 Å². The summed E-state index contributed by atoms with van der Waals surface area (Å²) < 4.78 is 6.66. The lowest BCUT2D eigenvalue weighted by molar-refractivity contribution is -0.0740. The molecule has 6 heteroatoms. The average molecular weight is 575 g/mol. The van der Waals surface area contributed by atoms with Gasteiger partial charge >= 0.3 is 0 Å². The van der Waals surface area contributed by atoms with E-state index in [-0.39, 0.29) is 41.2 Å². The van der Waals surface area contributed by atoms with Crippen LogP contribution in [0.5, 0.6) is 0 Å². The molecule has 1 spiro atoms. The average Bonchev–Trinajstić information content (AvgIpc) is 3.23. The molecule has 1 heterocycles. The Bertz CT molecular complexity index is 982. The van der Waals surface area contributed by atoms with Gasteiger partial charge in [-0.1, -0.05) is 18.6 Å². The van der Waals surface area contributed by atoms with Crippen molar-refractivity contribution < 1.29 is 30.3 Å². The van der Waals surface area contributed by atoms with E-state index in [9.17, 15) is 25.5 Å². The summed E-state index contributed by atoms with van der Waals surface area (Å²) in [5, 5.41) is 52.1. The van der Waals surface area contributed by atoms with Gasteiger partial charge in [0.25, 0.3) is 0 Å². The highest BCUT2D eigenvalue weighted by molar-refractivity contribution is 5.25. The van der Waals surface area contributed by atoms with Crippen molar-refractivity contribution in [3.8, 4) is 0 Å². The molecule has 41 heavy (non-hydrogen) atoms. The normalized spacial score (nSPS) is 52.2. The van der Waals surface area contributed by atoms with Crippen molar-refractivity contribution in [2.45, 2.75) is 159 Å². The molecule has 0 bridgehead atoms. The van der Waals surface area contributed by atoms with E-state index in [1.807, 2.05) is 0 Å². The van der Waals surface area contributed by atoms with Crippen molar-refractivity contribution in [3.05, 3.63) is 11.6 Å². The summed E-state index contributed by atoms with van der Waals surface area (Å²) in [5.74, 6) is 2.46. The number of aliphatic hydroxyl groups excluding tert-OH is 4. The fourth-order valence-electron chi connectivity index (χ4n) is 11.3. The second-order valence-electron chi connectivity index (χ2n) is 16.4. The van der Waals surface area contributed by atoms with E-state index in [1.165, 1.54) is 18.4 Å². The van der Waals surface area contributed by atoms with Crippen molar-refractivity contribution >= 4 is 0 Å². The minimum Gasteiger partial charge on any atom is -0.393 e. The van der Waals surface area contributed by atoms with Crippen molar-refractivity contribution in [3.63, 3.8) is 0 Å². The summed E-state index contributed by atoms with van der Waals surface area (Å²) >= 11 is 0. The van der Waals surface area contributed by atoms with Gasteiger partial charge in [-0.05, 0) is 145 Å². The lowest BCUT2D eigenvalue weighted by atomic mass is 9.46. The van der Waals surface area contributed by atoms with E-state index in [0.717, 1.165) is 83.5 Å². The number of aliphatic hydroxyl groups is 5. The minimum atomic E-state index is -0.702. The molecular formula is C35H58O6. The first kappa shape index (κ1) is 30.5. The zero-order valence-corrected chi connectivity index (χ0v) is 25.9. The van der Waals surface area contributed by atoms with Crippen LogP contribution in [0.25, 0.3) is 0 Å². The smallest absolute Gasteiger partial charge is 0.0930 e. The lowest BCUT2D eigenvalue weighted by Gasteiger charge is -2.59. The molecule has 1 aliphatic heterocycles. The molecule has 6 fully saturated rings. The first-order valence-electron chi connectivity index (χ1n) is 17.1. The highest BCUT2D eigenvalue weighted by Gasteiger charge is 2.67. The van der Waals surface area contributed by atoms with E-state index in [0.29, 0.717) is 30.1 Å². The number of rotatable bonds is 7. The van der Waals surface area contributed by atoms with Crippen LogP contribution in [0.1, 0.15) is 124 Å². The second kappa shape index (κ2) is 11.1. The topological polar surface area (TPSA) is 114 Å². The van der Waals surface area contributed by atoms with Crippen LogP contribution in [0, 0.1) is 40.4 Å². The van der Waals surface area contributed by atoms with Crippen LogP contribution in [0.3, 0.4) is 0 Å². The van der Waals surface area contributed by atoms with Crippen LogP contribution in [-0.2, 0) is 4.74 Å². The second-order valence-corrected chi connectivity index (χ2v) is 16.4. The molecule has 0 radical (unpaired) electrons. The monoisotopic (exact) mass is 574 g/mol. The number of hydrogen-bond donors (Lipinski definition) is 5. The molecule has 6 nitrogen and oxygen atoms in total. The Morgan fingerprint density at radius 3 is 2.54 bits per heavy atom. The summed E-state index contributed by atoms with van der Waals surface area (Å²) in [7, 11) is 0. The Kier molecular flexibility index (Phi) is 8.29. The van der Waals surface area contributed by atoms with Crippen molar-refractivity contribution in [2.24, 2.45) is 40.4 Å². The van der Waals surface area contributed by atoms with Crippen molar-refractivity contribution in [1.82, 2.24) is 0 Å². The summed E-state index contributed by atoms with van der Waals surface area (Å²) in [6.07, 6.45) is 16.8.